The van der Waals surface area contributed by atoms with Gasteiger partial charge in [0.15, 0.2) is 5.84 Å². The highest BCUT2D eigenvalue weighted by atomic mass is 35.5. The molecule has 1 aromatic rings. The predicted molar refractivity (Wildman–Crippen MR) is 73.8 cm³/mol. The van der Waals surface area contributed by atoms with Gasteiger partial charge in [-0.1, -0.05) is 30.6 Å². The summed E-state index contributed by atoms with van der Waals surface area (Å²) in [6, 6.07) is 4.60. The molecule has 7 heteroatoms. The van der Waals surface area contributed by atoms with E-state index < -0.39 is 6.09 Å². The molecule has 6 nitrogen and oxygen atoms in total. The van der Waals surface area contributed by atoms with Crippen molar-refractivity contribution in [3.05, 3.63) is 28.8 Å². The van der Waals surface area contributed by atoms with Crippen LogP contribution >= 0.6 is 11.6 Å². The van der Waals surface area contributed by atoms with E-state index in [1.54, 1.807) is 6.07 Å². The van der Waals surface area contributed by atoms with E-state index in [4.69, 9.17) is 27.3 Å². The molecule has 0 atom stereocenters. The molecule has 0 aliphatic heterocycles. The molecule has 1 aromatic carbocycles. The number of carbonyl (C=O) groups excluding carboxylic acids is 1. The number of anilines is 1. The predicted octanol–water partition coefficient (Wildman–Crippen LogP) is 2.64. The van der Waals surface area contributed by atoms with E-state index in [2.05, 4.69) is 10.5 Å². The molecule has 0 aromatic heterocycles. The monoisotopic (exact) mass is 285 g/mol. The molecule has 0 fully saturated rings. The second kappa shape index (κ2) is 6.84. The summed E-state index contributed by atoms with van der Waals surface area (Å²) in [6.07, 6.45) is -0.604. The molecular weight excluding hydrogens is 270 g/mol. The zero-order valence-electron chi connectivity index (χ0n) is 10.7. The van der Waals surface area contributed by atoms with Crippen LogP contribution in [0.5, 0.6) is 0 Å². The highest BCUT2D eigenvalue weighted by Crippen LogP contribution is 2.23. The Kier molecular flexibility index (Phi) is 5.44. The van der Waals surface area contributed by atoms with E-state index in [9.17, 15) is 4.79 Å². The molecule has 0 heterocycles. The minimum Gasteiger partial charge on any atom is -0.449 e. The lowest BCUT2D eigenvalue weighted by Crippen LogP contribution is -2.18. The van der Waals surface area contributed by atoms with Gasteiger partial charge in [-0.3, -0.25) is 5.32 Å². The van der Waals surface area contributed by atoms with Crippen molar-refractivity contribution >= 4 is 29.2 Å². The molecule has 0 saturated carbocycles. The maximum Gasteiger partial charge on any atom is 0.411 e. The first kappa shape index (κ1) is 15.1. The van der Waals surface area contributed by atoms with E-state index in [0.29, 0.717) is 22.9 Å². The Labute approximate surface area is 116 Å². The summed E-state index contributed by atoms with van der Waals surface area (Å²) in [5.74, 6) is 0.167. The van der Waals surface area contributed by atoms with Crippen LogP contribution < -0.4 is 11.1 Å². The summed E-state index contributed by atoms with van der Waals surface area (Å²) in [7, 11) is 0. The fourth-order valence-electron chi connectivity index (χ4n) is 1.23. The number of hydrogen-bond acceptors (Lipinski definition) is 4. The van der Waals surface area contributed by atoms with Gasteiger partial charge in [0.05, 0.1) is 17.3 Å². The number of oxime groups is 1. The Balaban J connectivity index is 2.80. The number of ether oxygens (including phenoxy) is 1. The van der Waals surface area contributed by atoms with Crippen LogP contribution in [-0.4, -0.2) is 23.7 Å². The Morgan fingerprint density at radius 2 is 2.26 bits per heavy atom. The molecule has 1 rings (SSSR count). The van der Waals surface area contributed by atoms with Gasteiger partial charge in [-0.2, -0.15) is 0 Å². The smallest absolute Gasteiger partial charge is 0.411 e. The second-order valence-corrected chi connectivity index (χ2v) is 4.70. The summed E-state index contributed by atoms with van der Waals surface area (Å²) in [5, 5.41) is 14.3. The number of benzene rings is 1. The van der Waals surface area contributed by atoms with Crippen molar-refractivity contribution in [1.82, 2.24) is 0 Å². The Morgan fingerprint density at radius 3 is 2.84 bits per heavy atom. The molecule has 1 amide bonds. The number of halogens is 1. The lowest BCUT2D eigenvalue weighted by Gasteiger charge is -2.11. The SMILES string of the molecule is CC(C)COC(=O)Nc1cc(C(N)=NO)ccc1Cl. The van der Waals surface area contributed by atoms with Gasteiger partial charge in [0, 0.05) is 5.56 Å². The number of nitrogens with zero attached hydrogens (tertiary/aromatic N) is 1. The quantitative estimate of drug-likeness (QED) is 0.343. The largest absolute Gasteiger partial charge is 0.449 e. The third kappa shape index (κ3) is 4.67. The second-order valence-electron chi connectivity index (χ2n) is 4.30. The van der Waals surface area contributed by atoms with Gasteiger partial charge in [-0.05, 0) is 24.1 Å². The Hall–Kier alpha value is -1.95. The molecule has 19 heavy (non-hydrogen) atoms. The summed E-state index contributed by atoms with van der Waals surface area (Å²) in [4.78, 5) is 11.5. The fourth-order valence-corrected chi connectivity index (χ4v) is 1.39. The standard InChI is InChI=1S/C12H16ClN3O3/c1-7(2)6-19-12(17)15-10-5-8(11(14)16-18)3-4-9(10)13/h3-5,7,18H,6H2,1-2H3,(H2,14,16)(H,15,17). The first-order valence-electron chi connectivity index (χ1n) is 5.65. The van der Waals surface area contributed by atoms with Gasteiger partial charge in [0.1, 0.15) is 0 Å². The minimum absolute atomic E-state index is 0.0738. The normalized spacial score (nSPS) is 11.5. The van der Waals surface area contributed by atoms with Crippen molar-refractivity contribution < 1.29 is 14.7 Å². The molecular formula is C12H16ClN3O3. The van der Waals surface area contributed by atoms with E-state index in [0.717, 1.165) is 0 Å². The number of nitrogens with two attached hydrogens (primary N) is 1. The molecule has 0 radical (unpaired) electrons. The third-order valence-electron chi connectivity index (χ3n) is 2.15. The lowest BCUT2D eigenvalue weighted by atomic mass is 10.2. The van der Waals surface area contributed by atoms with Crippen LogP contribution in [0.2, 0.25) is 5.02 Å². The number of carbonyl (C=O) groups is 1. The van der Waals surface area contributed by atoms with E-state index in [-0.39, 0.29) is 11.8 Å². The first-order valence-corrected chi connectivity index (χ1v) is 6.03. The van der Waals surface area contributed by atoms with Gasteiger partial charge in [-0.15, -0.1) is 0 Å². The van der Waals surface area contributed by atoms with Crippen LogP contribution in [0, 0.1) is 5.92 Å². The molecule has 0 spiro atoms. The summed E-state index contributed by atoms with van der Waals surface area (Å²) >= 11 is 5.94. The van der Waals surface area contributed by atoms with Crippen molar-refractivity contribution in [2.75, 3.05) is 11.9 Å². The molecule has 0 aliphatic rings. The minimum atomic E-state index is -0.604. The van der Waals surface area contributed by atoms with Crippen LogP contribution in [-0.2, 0) is 4.74 Å². The summed E-state index contributed by atoms with van der Waals surface area (Å²) in [5.41, 5.74) is 6.22. The molecule has 0 unspecified atom stereocenters. The number of nitrogens with one attached hydrogen (secondary N) is 1. The zero-order valence-corrected chi connectivity index (χ0v) is 11.4. The van der Waals surface area contributed by atoms with Gasteiger partial charge >= 0.3 is 6.09 Å². The molecule has 0 aliphatic carbocycles. The maximum atomic E-state index is 11.5. The van der Waals surface area contributed by atoms with Crippen LogP contribution in [0.15, 0.2) is 23.4 Å². The third-order valence-corrected chi connectivity index (χ3v) is 2.48. The summed E-state index contributed by atoms with van der Waals surface area (Å²) in [6.45, 7) is 4.17. The number of rotatable bonds is 4. The van der Waals surface area contributed by atoms with Gasteiger partial charge in [0.25, 0.3) is 0 Å². The highest BCUT2D eigenvalue weighted by Gasteiger charge is 2.10. The Bertz CT molecular complexity index is 489. The van der Waals surface area contributed by atoms with Gasteiger partial charge in [-0.25, -0.2) is 4.79 Å². The molecule has 104 valence electrons. The lowest BCUT2D eigenvalue weighted by molar-refractivity contribution is 0.147. The van der Waals surface area contributed by atoms with Crippen molar-refractivity contribution in [3.8, 4) is 0 Å². The molecule has 0 saturated heterocycles. The van der Waals surface area contributed by atoms with Crippen molar-refractivity contribution in [2.45, 2.75) is 13.8 Å². The number of amidine groups is 1. The number of hydrogen-bond donors (Lipinski definition) is 3. The van der Waals surface area contributed by atoms with Gasteiger partial charge < -0.3 is 15.7 Å². The highest BCUT2D eigenvalue weighted by molar-refractivity contribution is 6.33. The fraction of sp³-hybridized carbons (Fsp3) is 0.333. The summed E-state index contributed by atoms with van der Waals surface area (Å²) < 4.78 is 4.97. The first-order chi connectivity index (χ1) is 8.93. The molecule has 4 N–H and O–H groups in total. The van der Waals surface area contributed by atoms with Crippen LogP contribution in [0.1, 0.15) is 19.4 Å². The van der Waals surface area contributed by atoms with Crippen LogP contribution in [0.3, 0.4) is 0 Å². The Morgan fingerprint density at radius 1 is 1.58 bits per heavy atom. The molecule has 0 bridgehead atoms. The van der Waals surface area contributed by atoms with Crippen LogP contribution in [0.25, 0.3) is 0 Å². The van der Waals surface area contributed by atoms with Crippen molar-refractivity contribution in [1.29, 1.82) is 0 Å². The van der Waals surface area contributed by atoms with E-state index >= 15 is 0 Å². The average molecular weight is 286 g/mol. The topological polar surface area (TPSA) is 96.9 Å². The van der Waals surface area contributed by atoms with E-state index in [1.165, 1.54) is 12.1 Å². The maximum absolute atomic E-state index is 11.5. The van der Waals surface area contributed by atoms with Crippen molar-refractivity contribution in [3.63, 3.8) is 0 Å². The van der Waals surface area contributed by atoms with Gasteiger partial charge in [0.2, 0.25) is 0 Å². The zero-order chi connectivity index (χ0) is 14.4. The van der Waals surface area contributed by atoms with Crippen molar-refractivity contribution in [2.24, 2.45) is 16.8 Å². The van der Waals surface area contributed by atoms with Crippen LogP contribution in [0.4, 0.5) is 10.5 Å². The number of amides is 1. The average Bonchev–Trinajstić information content (AvgIpc) is 2.38. The van der Waals surface area contributed by atoms with E-state index in [1.807, 2.05) is 13.8 Å².